The lowest BCUT2D eigenvalue weighted by atomic mass is 9.53. The van der Waals surface area contributed by atoms with E-state index in [-0.39, 0.29) is 37.4 Å². The van der Waals surface area contributed by atoms with Gasteiger partial charge in [-0.1, -0.05) is 44.4 Å². The number of carbonyl (C=O) groups excluding carboxylic acids is 5. The molecular weight excluding hydrogens is 639 g/mol. The van der Waals surface area contributed by atoms with E-state index < -0.39 is 78.1 Å². The van der Waals surface area contributed by atoms with Crippen molar-refractivity contribution in [1.29, 1.82) is 0 Å². The maximum absolute atomic E-state index is 14.0. The van der Waals surface area contributed by atoms with Crippen LogP contribution in [0.1, 0.15) is 75.2 Å². The number of aromatic hydroxyl groups is 1. The summed E-state index contributed by atoms with van der Waals surface area (Å²) in [5.74, 6) is -11.2. The molecule has 2 fully saturated rings. The number of hydrogen-bond donors (Lipinski definition) is 4. The Morgan fingerprint density at radius 2 is 1.75 bits per heavy atom. The van der Waals surface area contributed by atoms with Crippen molar-refractivity contribution in [2.45, 2.75) is 77.1 Å². The first-order chi connectivity index (χ1) is 22.8. The van der Waals surface area contributed by atoms with Crippen LogP contribution in [0.3, 0.4) is 0 Å². The summed E-state index contributed by atoms with van der Waals surface area (Å²) in [6.45, 7) is 6.04. The van der Waals surface area contributed by atoms with E-state index in [1.54, 1.807) is 26.0 Å². The van der Waals surface area contributed by atoms with E-state index >= 15 is 0 Å². The smallest absolute Gasteiger partial charge is 0.352 e. The molecular formula is C35H43N2O10P. The second kappa shape index (κ2) is 14.0. The average molecular weight is 683 g/mol. The van der Waals surface area contributed by atoms with Crippen LogP contribution in [0.15, 0.2) is 36.4 Å². The third kappa shape index (κ3) is 6.15. The fraction of sp³-hybridized carbons (Fsp3) is 0.514. The molecule has 13 heteroatoms. The van der Waals surface area contributed by atoms with Crippen molar-refractivity contribution >= 4 is 42.3 Å². The van der Waals surface area contributed by atoms with Gasteiger partial charge in [0.1, 0.15) is 11.5 Å². The zero-order valence-electron chi connectivity index (χ0n) is 27.4. The van der Waals surface area contributed by atoms with Crippen molar-refractivity contribution in [3.63, 3.8) is 0 Å². The molecule has 0 aromatic heterocycles. The molecule has 12 nitrogen and oxygen atoms in total. The van der Waals surface area contributed by atoms with Gasteiger partial charge in [0.15, 0.2) is 34.7 Å². The monoisotopic (exact) mass is 682 g/mol. The summed E-state index contributed by atoms with van der Waals surface area (Å²) < 4.78 is 25.2. The third-order valence-electron chi connectivity index (χ3n) is 9.87. The number of benzene rings is 2. The van der Waals surface area contributed by atoms with E-state index in [9.17, 15) is 38.8 Å². The number of rotatable bonds is 13. The first-order valence-electron chi connectivity index (χ1n) is 16.6. The molecule has 48 heavy (non-hydrogen) atoms. The van der Waals surface area contributed by atoms with E-state index in [1.807, 2.05) is 18.2 Å². The van der Waals surface area contributed by atoms with Crippen LogP contribution in [0.25, 0.3) is 11.1 Å². The quantitative estimate of drug-likeness (QED) is 0.131. The van der Waals surface area contributed by atoms with Gasteiger partial charge in [-0.3, -0.25) is 28.5 Å². The highest BCUT2D eigenvalue weighted by molar-refractivity contribution is 7.54. The number of phenolic OH excluding ortho intramolecular Hbond substituents is 1. The predicted molar refractivity (Wildman–Crippen MR) is 176 cm³/mol. The number of phenols is 1. The van der Waals surface area contributed by atoms with Gasteiger partial charge in [0, 0.05) is 18.0 Å². The van der Waals surface area contributed by atoms with Crippen molar-refractivity contribution in [2.24, 2.45) is 29.4 Å². The minimum atomic E-state index is -3.53. The lowest BCUT2D eigenvalue weighted by Gasteiger charge is -2.48. The van der Waals surface area contributed by atoms with Crippen LogP contribution in [-0.2, 0) is 39.2 Å². The maximum Gasteiger partial charge on any atom is 0.352 e. The molecule has 0 heterocycles. The lowest BCUT2D eigenvalue weighted by Crippen LogP contribution is -2.68. The third-order valence-corrected chi connectivity index (χ3v) is 12.3. The molecule has 0 aliphatic heterocycles. The second-order valence-electron chi connectivity index (χ2n) is 12.8. The number of nitrogens with one attached hydrogen (secondary N) is 1. The van der Waals surface area contributed by atoms with Gasteiger partial charge in [-0.2, -0.15) is 0 Å². The molecule has 258 valence electrons. The molecule has 5 N–H and O–H groups in total. The number of carbonyl (C=O) groups is 5. The topological polar surface area (TPSA) is 199 Å². The minimum absolute atomic E-state index is 0.00131. The normalized spacial score (nSPS) is 26.0. The summed E-state index contributed by atoms with van der Waals surface area (Å²) >= 11 is 0. The van der Waals surface area contributed by atoms with Crippen LogP contribution < -0.4 is 11.1 Å². The number of aliphatic hydroxyl groups is 1. The second-order valence-corrected chi connectivity index (χ2v) is 15.1. The van der Waals surface area contributed by atoms with Gasteiger partial charge in [-0.15, -0.1) is 0 Å². The summed E-state index contributed by atoms with van der Waals surface area (Å²) in [5.41, 5.74) is 4.92. The van der Waals surface area contributed by atoms with Gasteiger partial charge in [-0.05, 0) is 73.9 Å². The molecule has 0 radical (unpaired) electrons. The number of fused-ring (bicyclic) bond motifs is 3. The van der Waals surface area contributed by atoms with Crippen LogP contribution in [0.5, 0.6) is 5.75 Å². The van der Waals surface area contributed by atoms with Crippen LogP contribution in [-0.4, -0.2) is 63.9 Å². The number of amides is 1. The van der Waals surface area contributed by atoms with Gasteiger partial charge in [0.05, 0.1) is 24.7 Å². The van der Waals surface area contributed by atoms with E-state index in [0.29, 0.717) is 28.8 Å². The van der Waals surface area contributed by atoms with Gasteiger partial charge in [0.2, 0.25) is 5.91 Å². The highest BCUT2D eigenvalue weighted by Crippen LogP contribution is 2.55. The van der Waals surface area contributed by atoms with Gasteiger partial charge < -0.3 is 30.3 Å². The van der Waals surface area contributed by atoms with Crippen molar-refractivity contribution < 1.29 is 47.8 Å². The summed E-state index contributed by atoms with van der Waals surface area (Å²) in [4.78, 5) is 65.6. The van der Waals surface area contributed by atoms with E-state index in [2.05, 4.69) is 12.2 Å². The first-order valence-corrected chi connectivity index (χ1v) is 18.2. The Balaban J connectivity index is 1.51. The summed E-state index contributed by atoms with van der Waals surface area (Å²) in [5, 5.41) is 25.7. The number of primary amides is 1. The Bertz CT molecular complexity index is 1680. The number of unbranched alkanes of at least 4 members (excludes halogenated alkanes) is 2. The Morgan fingerprint density at radius 3 is 2.40 bits per heavy atom. The van der Waals surface area contributed by atoms with Crippen molar-refractivity contribution in [1.82, 2.24) is 0 Å². The van der Waals surface area contributed by atoms with E-state index in [1.165, 1.54) is 6.07 Å². The Hall–Kier alpha value is -3.70. The highest BCUT2D eigenvalue weighted by Gasteiger charge is 2.66. The Labute approximate surface area is 279 Å². The van der Waals surface area contributed by atoms with Gasteiger partial charge in [0.25, 0.3) is 0 Å². The summed E-state index contributed by atoms with van der Waals surface area (Å²) in [7, 11) is -3.53. The molecule has 3 aliphatic rings. The molecule has 0 bridgehead atoms. The molecule has 2 aromatic rings. The number of ketones is 4. The molecule has 2 saturated carbocycles. The first kappa shape index (κ1) is 35.6. The zero-order valence-corrected chi connectivity index (χ0v) is 28.3. The van der Waals surface area contributed by atoms with Crippen molar-refractivity contribution in [3.05, 3.63) is 47.5 Å². The fourth-order valence-electron chi connectivity index (χ4n) is 7.68. The molecule has 0 saturated heterocycles. The maximum atomic E-state index is 14.0. The molecule has 3 unspecified atom stereocenters. The average Bonchev–Trinajstić information content (AvgIpc) is 3.02. The molecule has 5 rings (SSSR count). The highest BCUT2D eigenvalue weighted by atomic mass is 31.2. The van der Waals surface area contributed by atoms with Crippen LogP contribution in [0.2, 0.25) is 0 Å². The predicted octanol–water partition coefficient (Wildman–Crippen LogP) is 4.58. The molecule has 0 spiro atoms. The van der Waals surface area contributed by atoms with E-state index in [0.717, 1.165) is 19.3 Å². The summed E-state index contributed by atoms with van der Waals surface area (Å²) in [6.07, 6.45) is 3.03. The molecule has 1 amide bonds. The van der Waals surface area contributed by atoms with Gasteiger partial charge >= 0.3 is 7.60 Å². The van der Waals surface area contributed by atoms with Gasteiger partial charge in [-0.25, -0.2) is 0 Å². The minimum Gasteiger partial charge on any atom is -0.507 e. The van der Waals surface area contributed by atoms with E-state index in [4.69, 9.17) is 14.8 Å². The Kier molecular flexibility index (Phi) is 10.4. The molecule has 6 atom stereocenters. The summed E-state index contributed by atoms with van der Waals surface area (Å²) in [6, 6.07) is 10.3. The number of nitrogens with two attached hydrogens (primary N) is 1. The Morgan fingerprint density at radius 1 is 1.04 bits per heavy atom. The largest absolute Gasteiger partial charge is 0.507 e. The molecule has 3 aliphatic carbocycles. The lowest BCUT2D eigenvalue weighted by molar-refractivity contribution is -0.175. The van der Waals surface area contributed by atoms with Crippen molar-refractivity contribution in [3.8, 4) is 16.9 Å². The van der Waals surface area contributed by atoms with Crippen LogP contribution >= 0.6 is 7.60 Å². The number of anilines is 1. The van der Waals surface area contributed by atoms with Crippen molar-refractivity contribution in [2.75, 3.05) is 18.5 Å². The number of hydrogen-bond acceptors (Lipinski definition) is 11. The standard InChI is InChI=1S/C35H43N2O10P/c1-4-7-8-12-27(48(45,46-5-2)47-6-3)37-22-11-9-10-19(16-22)23-13-14-25(38)29-24(23)17-20-15-21-18-26(39)30(34(36)43)33(42)35(21,44)32(41)28(20)31(29)40/h9-11,13-14,16,20-21,27-28,30,37-38,44H,4-8,12,15,17-18H2,1-3H3,(H2,36,43)/t20-,21+,27?,28?,30?,35+/m1/s1. The SMILES string of the molecule is CCCCCC(Nc1cccc(-c2ccc(O)c3c2C[C@H]2C[C@H]4CC(=O)C(C(N)=O)C(=O)[C@@]4(O)C(=O)C2C3=O)c1)P(=O)(OCC)OCC. The number of Topliss-reactive ketones (excluding diaryl/α,β-unsaturated/α-hetero) is 4. The van der Waals surface area contributed by atoms with Crippen LogP contribution in [0, 0.1) is 23.7 Å². The van der Waals surface area contributed by atoms with Crippen LogP contribution in [0.4, 0.5) is 5.69 Å². The fourth-order valence-corrected chi connectivity index (χ4v) is 9.64. The molecule has 2 aromatic carbocycles. The zero-order chi connectivity index (χ0) is 35.0.